The standard InChI is InChI=1S/C16H13FO2/c17-11-4-1-9(2-5-11)3-6-12-10-7-13-14(8-10)16(18)19-15(12)13/h1-2,4-5,10,12-15H,7-8H2/t10-,12-,13+,14-,15+/m1/s1. The zero-order chi connectivity index (χ0) is 13.0. The van der Waals surface area contributed by atoms with Gasteiger partial charge in [-0.15, -0.1) is 0 Å². The van der Waals surface area contributed by atoms with E-state index in [0.29, 0.717) is 11.8 Å². The van der Waals surface area contributed by atoms with Gasteiger partial charge in [0.15, 0.2) is 0 Å². The van der Waals surface area contributed by atoms with E-state index in [-0.39, 0.29) is 29.7 Å². The molecule has 19 heavy (non-hydrogen) atoms. The summed E-state index contributed by atoms with van der Waals surface area (Å²) in [7, 11) is 0. The molecule has 0 aromatic heterocycles. The third-order valence-electron chi connectivity index (χ3n) is 4.71. The Labute approximate surface area is 111 Å². The fraction of sp³-hybridized carbons (Fsp3) is 0.438. The number of carbonyl (C=O) groups is 1. The predicted molar refractivity (Wildman–Crippen MR) is 66.4 cm³/mol. The van der Waals surface area contributed by atoms with Crippen LogP contribution in [0.3, 0.4) is 0 Å². The average Bonchev–Trinajstić information content (AvgIpc) is 3.01. The van der Waals surface area contributed by atoms with Crippen LogP contribution in [0, 0.1) is 41.3 Å². The van der Waals surface area contributed by atoms with Gasteiger partial charge in [-0.05, 0) is 43.0 Å². The summed E-state index contributed by atoms with van der Waals surface area (Å²) in [5, 5.41) is 0. The van der Waals surface area contributed by atoms with Crippen LogP contribution in [-0.2, 0) is 9.53 Å². The van der Waals surface area contributed by atoms with E-state index in [1.165, 1.54) is 12.1 Å². The van der Waals surface area contributed by atoms with Gasteiger partial charge in [0.05, 0.1) is 11.8 Å². The van der Waals surface area contributed by atoms with E-state index in [0.717, 1.165) is 18.4 Å². The van der Waals surface area contributed by atoms with Crippen molar-refractivity contribution in [2.75, 3.05) is 0 Å². The van der Waals surface area contributed by atoms with Gasteiger partial charge >= 0.3 is 5.97 Å². The summed E-state index contributed by atoms with van der Waals surface area (Å²) >= 11 is 0. The second-order valence-electron chi connectivity index (χ2n) is 5.71. The van der Waals surface area contributed by atoms with Crippen molar-refractivity contribution in [2.24, 2.45) is 23.7 Å². The van der Waals surface area contributed by atoms with Crippen molar-refractivity contribution < 1.29 is 13.9 Å². The number of esters is 1. The number of hydrogen-bond donors (Lipinski definition) is 0. The molecule has 2 aliphatic carbocycles. The molecule has 2 saturated carbocycles. The molecule has 1 aromatic rings. The van der Waals surface area contributed by atoms with Crippen LogP contribution in [0.25, 0.3) is 0 Å². The maximum Gasteiger partial charge on any atom is 0.309 e. The van der Waals surface area contributed by atoms with Crippen LogP contribution >= 0.6 is 0 Å². The van der Waals surface area contributed by atoms with Gasteiger partial charge in [0.2, 0.25) is 0 Å². The van der Waals surface area contributed by atoms with Gasteiger partial charge in [-0.1, -0.05) is 11.8 Å². The minimum atomic E-state index is -0.252. The largest absolute Gasteiger partial charge is 0.460 e. The lowest BCUT2D eigenvalue weighted by atomic mass is 9.82. The van der Waals surface area contributed by atoms with Crippen molar-refractivity contribution in [3.05, 3.63) is 35.6 Å². The molecule has 4 rings (SSSR count). The van der Waals surface area contributed by atoms with Crippen LogP contribution in [0.5, 0.6) is 0 Å². The fourth-order valence-electron chi connectivity index (χ4n) is 3.86. The van der Waals surface area contributed by atoms with Crippen molar-refractivity contribution in [1.29, 1.82) is 0 Å². The summed E-state index contributed by atoms with van der Waals surface area (Å²) in [6.07, 6.45) is 2.01. The lowest BCUT2D eigenvalue weighted by Gasteiger charge is -2.20. The number of ether oxygens (including phenoxy) is 1. The molecule has 0 N–H and O–H groups in total. The van der Waals surface area contributed by atoms with Crippen molar-refractivity contribution in [3.63, 3.8) is 0 Å². The summed E-state index contributed by atoms with van der Waals surface area (Å²) < 4.78 is 18.3. The molecule has 2 bridgehead atoms. The Morgan fingerprint density at radius 3 is 2.79 bits per heavy atom. The molecule has 1 saturated heterocycles. The van der Waals surface area contributed by atoms with Crippen molar-refractivity contribution >= 4 is 5.97 Å². The number of rotatable bonds is 0. The van der Waals surface area contributed by atoms with E-state index in [4.69, 9.17) is 4.74 Å². The van der Waals surface area contributed by atoms with Gasteiger partial charge < -0.3 is 4.74 Å². The molecule has 5 atom stereocenters. The number of fused-ring (bicyclic) bond motifs is 1. The summed E-state index contributed by atoms with van der Waals surface area (Å²) in [6, 6.07) is 6.19. The van der Waals surface area contributed by atoms with Crippen LogP contribution in [-0.4, -0.2) is 12.1 Å². The highest BCUT2D eigenvalue weighted by molar-refractivity contribution is 5.76. The van der Waals surface area contributed by atoms with Gasteiger partial charge in [0, 0.05) is 11.5 Å². The number of hydrogen-bond acceptors (Lipinski definition) is 2. The topological polar surface area (TPSA) is 26.3 Å². The normalized spacial score (nSPS) is 37.9. The molecule has 0 radical (unpaired) electrons. The summed E-state index contributed by atoms with van der Waals surface area (Å²) in [5.41, 5.74) is 0.810. The first-order valence-electron chi connectivity index (χ1n) is 6.70. The monoisotopic (exact) mass is 256 g/mol. The zero-order valence-corrected chi connectivity index (χ0v) is 10.3. The van der Waals surface area contributed by atoms with E-state index < -0.39 is 0 Å². The molecule has 3 fully saturated rings. The maximum atomic E-state index is 12.8. The highest BCUT2D eigenvalue weighted by atomic mass is 19.1. The lowest BCUT2D eigenvalue weighted by Crippen LogP contribution is -2.25. The van der Waals surface area contributed by atoms with E-state index in [1.54, 1.807) is 12.1 Å². The first-order chi connectivity index (χ1) is 9.22. The summed E-state index contributed by atoms with van der Waals surface area (Å²) in [6.45, 7) is 0. The van der Waals surface area contributed by atoms with Crippen molar-refractivity contribution in [1.82, 2.24) is 0 Å². The number of carbonyl (C=O) groups excluding carboxylic acids is 1. The van der Waals surface area contributed by atoms with E-state index in [2.05, 4.69) is 11.8 Å². The number of halogens is 1. The van der Waals surface area contributed by atoms with Crippen LogP contribution in [0.15, 0.2) is 24.3 Å². The highest BCUT2D eigenvalue weighted by Crippen LogP contribution is 2.57. The van der Waals surface area contributed by atoms with Gasteiger partial charge in [-0.3, -0.25) is 4.79 Å². The molecular weight excluding hydrogens is 243 g/mol. The average molecular weight is 256 g/mol. The van der Waals surface area contributed by atoms with Crippen LogP contribution in [0.1, 0.15) is 18.4 Å². The molecule has 2 nitrogen and oxygen atoms in total. The predicted octanol–water partition coefficient (Wildman–Crippen LogP) is 2.37. The Morgan fingerprint density at radius 2 is 2.00 bits per heavy atom. The maximum absolute atomic E-state index is 12.8. The van der Waals surface area contributed by atoms with Gasteiger partial charge in [0.1, 0.15) is 11.9 Å². The van der Waals surface area contributed by atoms with Crippen LogP contribution in [0.2, 0.25) is 0 Å². The van der Waals surface area contributed by atoms with Gasteiger partial charge in [0.25, 0.3) is 0 Å². The second kappa shape index (κ2) is 3.84. The van der Waals surface area contributed by atoms with Crippen molar-refractivity contribution in [2.45, 2.75) is 18.9 Å². The minimum Gasteiger partial charge on any atom is -0.460 e. The molecular formula is C16H13FO2. The van der Waals surface area contributed by atoms with Crippen molar-refractivity contribution in [3.8, 4) is 11.8 Å². The van der Waals surface area contributed by atoms with Crippen LogP contribution < -0.4 is 0 Å². The third kappa shape index (κ3) is 1.59. The first-order valence-corrected chi connectivity index (χ1v) is 6.70. The van der Waals surface area contributed by atoms with E-state index in [9.17, 15) is 9.18 Å². The Kier molecular flexibility index (Phi) is 2.23. The molecule has 0 unspecified atom stereocenters. The smallest absolute Gasteiger partial charge is 0.309 e. The van der Waals surface area contributed by atoms with Gasteiger partial charge in [-0.25, -0.2) is 4.39 Å². The molecule has 1 aliphatic heterocycles. The first kappa shape index (κ1) is 11.0. The Bertz CT molecular complexity index is 595. The minimum absolute atomic E-state index is 0.00389. The fourth-order valence-corrected chi connectivity index (χ4v) is 3.86. The lowest BCUT2D eigenvalue weighted by molar-refractivity contribution is -0.143. The Balaban J connectivity index is 1.59. The second-order valence-corrected chi connectivity index (χ2v) is 5.71. The Morgan fingerprint density at radius 1 is 1.21 bits per heavy atom. The zero-order valence-electron chi connectivity index (χ0n) is 10.3. The van der Waals surface area contributed by atoms with Gasteiger partial charge in [-0.2, -0.15) is 0 Å². The summed E-state index contributed by atoms with van der Waals surface area (Å²) in [5.74, 6) is 7.25. The SMILES string of the molecule is O=C1O[C@H]2[C@H](C#Cc3ccc(F)cc3)[C@@H]3C[C@H]2[C@H]1C3. The summed E-state index contributed by atoms with van der Waals surface area (Å²) in [4.78, 5) is 11.6. The van der Waals surface area contributed by atoms with Crippen LogP contribution in [0.4, 0.5) is 4.39 Å². The van der Waals surface area contributed by atoms with E-state index >= 15 is 0 Å². The molecule has 96 valence electrons. The molecule has 0 amide bonds. The molecule has 3 aliphatic rings. The molecule has 1 aromatic carbocycles. The molecule has 1 heterocycles. The quantitative estimate of drug-likeness (QED) is 0.526. The third-order valence-corrected chi connectivity index (χ3v) is 4.71. The molecule has 0 spiro atoms. The molecule has 3 heteroatoms. The number of benzene rings is 1. The Hall–Kier alpha value is -1.82. The van der Waals surface area contributed by atoms with E-state index in [1.807, 2.05) is 0 Å². The highest BCUT2D eigenvalue weighted by Gasteiger charge is 2.61.